The molecule has 0 saturated heterocycles. The summed E-state index contributed by atoms with van der Waals surface area (Å²) in [6.45, 7) is 6.13. The number of benzene rings is 1. The molecule has 2 N–H and O–H groups in total. The zero-order valence-corrected chi connectivity index (χ0v) is 11.8. The predicted octanol–water partition coefficient (Wildman–Crippen LogP) is 4.57. The first-order valence-corrected chi connectivity index (χ1v) is 6.73. The van der Waals surface area contributed by atoms with Crippen LogP contribution in [0.2, 0.25) is 5.02 Å². The smallest absolute Gasteiger partial charge is 0.0446 e. The minimum atomic E-state index is -0.275. The number of aryl methyl sites for hydroxylation is 1. The van der Waals surface area contributed by atoms with Crippen molar-refractivity contribution in [1.29, 1.82) is 0 Å². The molecule has 0 bridgehead atoms. The third-order valence-corrected chi connectivity index (χ3v) is 4.39. The van der Waals surface area contributed by atoms with Gasteiger partial charge >= 0.3 is 0 Å². The zero-order valence-electron chi connectivity index (χ0n) is 10.3. The fourth-order valence-electron chi connectivity index (χ4n) is 1.73. The van der Waals surface area contributed by atoms with Crippen molar-refractivity contribution in [1.82, 2.24) is 0 Å². The van der Waals surface area contributed by atoms with E-state index in [0.717, 1.165) is 5.02 Å². The third kappa shape index (κ3) is 2.71. The highest BCUT2D eigenvalue weighted by Gasteiger charge is 2.17. The summed E-state index contributed by atoms with van der Waals surface area (Å²) in [5.74, 6) is 0. The van der Waals surface area contributed by atoms with Crippen molar-refractivity contribution < 1.29 is 0 Å². The number of halogens is 1. The molecule has 1 aromatic heterocycles. The highest BCUT2D eigenvalue weighted by molar-refractivity contribution is 7.15. The number of rotatable bonds is 2. The fourth-order valence-corrected chi connectivity index (χ4v) is 3.07. The van der Waals surface area contributed by atoms with Gasteiger partial charge in [-0.25, -0.2) is 0 Å². The highest BCUT2D eigenvalue weighted by Crippen LogP contribution is 2.35. The molecule has 17 heavy (non-hydrogen) atoms. The second-order valence-corrected chi connectivity index (χ2v) is 6.37. The van der Waals surface area contributed by atoms with E-state index in [4.69, 9.17) is 17.3 Å². The van der Waals surface area contributed by atoms with Gasteiger partial charge in [-0.15, -0.1) is 11.3 Å². The summed E-state index contributed by atoms with van der Waals surface area (Å²) in [6, 6.07) is 10.2. The van der Waals surface area contributed by atoms with Crippen LogP contribution in [0.3, 0.4) is 0 Å². The summed E-state index contributed by atoms with van der Waals surface area (Å²) in [5, 5.41) is 0.780. The predicted molar refractivity (Wildman–Crippen MR) is 76.7 cm³/mol. The molecule has 1 heterocycles. The molecule has 0 unspecified atom stereocenters. The maximum absolute atomic E-state index is 6.10. The van der Waals surface area contributed by atoms with Gasteiger partial charge < -0.3 is 5.73 Å². The summed E-state index contributed by atoms with van der Waals surface area (Å²) < 4.78 is 0. The average Bonchev–Trinajstić information content (AvgIpc) is 2.65. The Kier molecular flexibility index (Phi) is 3.30. The Balaban J connectivity index is 2.44. The van der Waals surface area contributed by atoms with E-state index < -0.39 is 0 Å². The largest absolute Gasteiger partial charge is 0.321 e. The molecule has 1 nitrogen and oxygen atoms in total. The lowest BCUT2D eigenvalue weighted by Gasteiger charge is -2.15. The summed E-state index contributed by atoms with van der Waals surface area (Å²) in [4.78, 5) is 2.44. The summed E-state index contributed by atoms with van der Waals surface area (Å²) in [5.41, 5.74) is 8.25. The molecule has 1 aromatic carbocycles. The molecule has 0 aliphatic heterocycles. The summed E-state index contributed by atoms with van der Waals surface area (Å²) >= 11 is 7.71. The van der Waals surface area contributed by atoms with Gasteiger partial charge in [0.25, 0.3) is 0 Å². The zero-order chi connectivity index (χ0) is 12.6. The molecule has 0 atom stereocenters. The van der Waals surface area contributed by atoms with Crippen molar-refractivity contribution in [2.75, 3.05) is 0 Å². The molecular formula is C14H16ClNS. The second kappa shape index (κ2) is 4.45. The molecule has 0 aliphatic carbocycles. The van der Waals surface area contributed by atoms with Crippen molar-refractivity contribution in [3.05, 3.63) is 45.8 Å². The SMILES string of the molecule is Cc1cc(Cl)ccc1-c1ccc(C(C)(C)N)s1. The molecule has 0 saturated carbocycles. The maximum atomic E-state index is 6.10. The lowest BCUT2D eigenvalue weighted by molar-refractivity contribution is 0.567. The van der Waals surface area contributed by atoms with Crippen LogP contribution in [-0.4, -0.2) is 0 Å². The molecule has 0 radical (unpaired) electrons. The van der Waals surface area contributed by atoms with E-state index in [1.165, 1.54) is 20.9 Å². The minimum absolute atomic E-state index is 0.275. The van der Waals surface area contributed by atoms with Crippen LogP contribution in [0.4, 0.5) is 0 Å². The summed E-state index contributed by atoms with van der Waals surface area (Å²) in [7, 11) is 0. The van der Waals surface area contributed by atoms with Crippen LogP contribution < -0.4 is 5.73 Å². The van der Waals surface area contributed by atoms with Gasteiger partial charge in [-0.3, -0.25) is 0 Å². The molecule has 3 heteroatoms. The van der Waals surface area contributed by atoms with E-state index in [9.17, 15) is 0 Å². The molecule has 0 fully saturated rings. The summed E-state index contributed by atoms with van der Waals surface area (Å²) in [6.07, 6.45) is 0. The molecule has 2 rings (SSSR count). The quantitative estimate of drug-likeness (QED) is 0.846. The topological polar surface area (TPSA) is 26.0 Å². The Hall–Kier alpha value is -0.830. The number of thiophene rings is 1. The first-order chi connectivity index (χ1) is 7.88. The standard InChI is InChI=1S/C14H16ClNS/c1-9-8-10(15)4-5-11(9)12-6-7-13(17-12)14(2,3)16/h4-8H,16H2,1-3H3. The van der Waals surface area contributed by atoms with Crippen LogP contribution >= 0.6 is 22.9 Å². The number of hydrogen-bond acceptors (Lipinski definition) is 2. The van der Waals surface area contributed by atoms with Crippen LogP contribution in [-0.2, 0) is 5.54 Å². The van der Waals surface area contributed by atoms with E-state index in [1.807, 2.05) is 26.0 Å². The molecule has 0 spiro atoms. The van der Waals surface area contributed by atoms with Gasteiger partial charge in [0.1, 0.15) is 0 Å². The Bertz CT molecular complexity index is 537. The normalized spacial score (nSPS) is 11.8. The van der Waals surface area contributed by atoms with Crippen molar-refractivity contribution >= 4 is 22.9 Å². The Labute approximate surface area is 111 Å². The average molecular weight is 266 g/mol. The lowest BCUT2D eigenvalue weighted by atomic mass is 10.0. The Morgan fingerprint density at radius 1 is 1.18 bits per heavy atom. The van der Waals surface area contributed by atoms with Crippen LogP contribution in [0, 0.1) is 6.92 Å². The molecule has 0 amide bonds. The molecule has 90 valence electrons. The van der Waals surface area contributed by atoms with Crippen molar-refractivity contribution in [3.63, 3.8) is 0 Å². The number of nitrogens with two attached hydrogens (primary N) is 1. The van der Waals surface area contributed by atoms with Gasteiger partial charge in [-0.1, -0.05) is 17.7 Å². The molecule has 2 aromatic rings. The first-order valence-electron chi connectivity index (χ1n) is 5.53. The first kappa shape index (κ1) is 12.6. The molecular weight excluding hydrogens is 250 g/mol. The van der Waals surface area contributed by atoms with E-state index in [1.54, 1.807) is 11.3 Å². The minimum Gasteiger partial charge on any atom is -0.321 e. The van der Waals surface area contributed by atoms with Gasteiger partial charge in [-0.2, -0.15) is 0 Å². The number of hydrogen-bond donors (Lipinski definition) is 1. The maximum Gasteiger partial charge on any atom is 0.0446 e. The van der Waals surface area contributed by atoms with Crippen molar-refractivity contribution in [2.24, 2.45) is 5.73 Å². The van der Waals surface area contributed by atoms with Crippen LogP contribution in [0.15, 0.2) is 30.3 Å². The Morgan fingerprint density at radius 3 is 2.41 bits per heavy atom. The monoisotopic (exact) mass is 265 g/mol. The Morgan fingerprint density at radius 2 is 1.88 bits per heavy atom. The van der Waals surface area contributed by atoms with Crippen molar-refractivity contribution in [3.8, 4) is 10.4 Å². The van der Waals surface area contributed by atoms with Gasteiger partial charge in [-0.05, 0) is 56.2 Å². The highest BCUT2D eigenvalue weighted by atomic mass is 35.5. The molecule has 0 aliphatic rings. The van der Waals surface area contributed by atoms with Crippen LogP contribution in [0.25, 0.3) is 10.4 Å². The fraction of sp³-hybridized carbons (Fsp3) is 0.286. The van der Waals surface area contributed by atoms with Gasteiger partial charge in [0.2, 0.25) is 0 Å². The van der Waals surface area contributed by atoms with Crippen molar-refractivity contribution in [2.45, 2.75) is 26.3 Å². The van der Waals surface area contributed by atoms with E-state index in [-0.39, 0.29) is 5.54 Å². The third-order valence-electron chi connectivity index (χ3n) is 2.69. The van der Waals surface area contributed by atoms with E-state index in [0.29, 0.717) is 0 Å². The van der Waals surface area contributed by atoms with E-state index >= 15 is 0 Å². The van der Waals surface area contributed by atoms with Gasteiger partial charge in [0.15, 0.2) is 0 Å². The van der Waals surface area contributed by atoms with E-state index in [2.05, 4.69) is 25.1 Å². The second-order valence-electron chi connectivity index (χ2n) is 4.84. The van der Waals surface area contributed by atoms with Crippen LogP contribution in [0.5, 0.6) is 0 Å². The van der Waals surface area contributed by atoms with Gasteiger partial charge in [0, 0.05) is 20.3 Å². The van der Waals surface area contributed by atoms with Crippen LogP contribution in [0.1, 0.15) is 24.3 Å². The van der Waals surface area contributed by atoms with Gasteiger partial charge in [0.05, 0.1) is 0 Å². The lowest BCUT2D eigenvalue weighted by Crippen LogP contribution is -2.27.